The molecule has 1 heterocycles. The average Bonchev–Trinajstić information content (AvgIpc) is 2.96. The molecule has 0 fully saturated rings. The van der Waals surface area contributed by atoms with Crippen LogP contribution in [-0.2, 0) is 0 Å². The summed E-state index contributed by atoms with van der Waals surface area (Å²) < 4.78 is 12.3. The Bertz CT molecular complexity index is 742. The maximum absolute atomic E-state index is 5.85. The van der Waals surface area contributed by atoms with Crippen molar-refractivity contribution in [1.29, 1.82) is 0 Å². The summed E-state index contributed by atoms with van der Waals surface area (Å²) >= 11 is 0. The minimum atomic E-state index is 0.255. The third-order valence-electron chi connectivity index (χ3n) is 2.85. The second-order valence-corrected chi connectivity index (χ2v) is 4.21. The van der Waals surface area contributed by atoms with Crippen LogP contribution in [0.3, 0.4) is 0 Å². The Balaban J connectivity index is 1.90. The predicted molar refractivity (Wildman–Crippen MR) is 76.6 cm³/mol. The summed E-state index contributed by atoms with van der Waals surface area (Å²) in [5, 5.41) is 11.4. The lowest BCUT2D eigenvalue weighted by atomic mass is 10.3. The van der Waals surface area contributed by atoms with Gasteiger partial charge in [-0.25, -0.2) is 0 Å². The molecular weight excluding hydrogens is 270 g/mol. The highest BCUT2D eigenvalue weighted by Crippen LogP contribution is 2.28. The minimum Gasteiger partial charge on any atom is -0.495 e. The molecule has 0 spiro atoms. The number of anilines is 1. The SMILES string of the molecule is COc1ccc(Oc2nnnn2-c2ccccc2)cc1N. The van der Waals surface area contributed by atoms with Gasteiger partial charge in [0.05, 0.1) is 18.5 Å². The van der Waals surface area contributed by atoms with Crippen LogP contribution in [0.25, 0.3) is 5.69 Å². The van der Waals surface area contributed by atoms with Gasteiger partial charge in [-0.2, -0.15) is 4.68 Å². The fraction of sp³-hybridized carbons (Fsp3) is 0.0714. The van der Waals surface area contributed by atoms with E-state index >= 15 is 0 Å². The summed E-state index contributed by atoms with van der Waals surface area (Å²) in [4.78, 5) is 0. The fourth-order valence-electron chi connectivity index (χ4n) is 1.86. The van der Waals surface area contributed by atoms with E-state index in [4.69, 9.17) is 15.2 Å². The van der Waals surface area contributed by atoms with E-state index in [9.17, 15) is 0 Å². The Morgan fingerprint density at radius 1 is 1.10 bits per heavy atom. The molecule has 0 amide bonds. The quantitative estimate of drug-likeness (QED) is 0.737. The highest BCUT2D eigenvalue weighted by molar-refractivity contribution is 5.56. The Labute approximate surface area is 120 Å². The van der Waals surface area contributed by atoms with Crippen molar-refractivity contribution in [2.24, 2.45) is 0 Å². The molecule has 106 valence electrons. The van der Waals surface area contributed by atoms with E-state index in [0.29, 0.717) is 17.2 Å². The fourth-order valence-corrected chi connectivity index (χ4v) is 1.86. The number of ether oxygens (including phenoxy) is 2. The van der Waals surface area contributed by atoms with Crippen molar-refractivity contribution in [3.63, 3.8) is 0 Å². The smallest absolute Gasteiger partial charge is 0.345 e. The molecule has 0 aliphatic rings. The molecule has 0 saturated carbocycles. The molecule has 0 saturated heterocycles. The van der Waals surface area contributed by atoms with Gasteiger partial charge in [0.15, 0.2) is 0 Å². The lowest BCUT2D eigenvalue weighted by Crippen LogP contribution is -2.00. The monoisotopic (exact) mass is 283 g/mol. The van der Waals surface area contributed by atoms with Gasteiger partial charge in [0.2, 0.25) is 0 Å². The van der Waals surface area contributed by atoms with Gasteiger partial charge < -0.3 is 15.2 Å². The number of tetrazole rings is 1. The normalized spacial score (nSPS) is 10.3. The zero-order chi connectivity index (χ0) is 14.7. The van der Waals surface area contributed by atoms with Crippen LogP contribution in [0.1, 0.15) is 0 Å². The molecule has 0 aliphatic carbocycles. The van der Waals surface area contributed by atoms with E-state index in [0.717, 1.165) is 5.69 Å². The second-order valence-electron chi connectivity index (χ2n) is 4.21. The topological polar surface area (TPSA) is 88.1 Å². The second kappa shape index (κ2) is 5.49. The number of nitrogens with two attached hydrogens (primary N) is 1. The molecule has 7 heteroatoms. The van der Waals surface area contributed by atoms with Crippen LogP contribution in [0.5, 0.6) is 17.5 Å². The van der Waals surface area contributed by atoms with E-state index in [-0.39, 0.29) is 6.01 Å². The van der Waals surface area contributed by atoms with Crippen molar-refractivity contribution in [2.75, 3.05) is 12.8 Å². The molecular formula is C14H13N5O2. The largest absolute Gasteiger partial charge is 0.495 e. The maximum atomic E-state index is 5.85. The molecule has 0 radical (unpaired) electrons. The lowest BCUT2D eigenvalue weighted by molar-refractivity contribution is 0.410. The van der Waals surface area contributed by atoms with Gasteiger partial charge in [0.1, 0.15) is 11.5 Å². The first-order chi connectivity index (χ1) is 10.3. The van der Waals surface area contributed by atoms with E-state index in [2.05, 4.69) is 15.5 Å². The highest BCUT2D eigenvalue weighted by Gasteiger charge is 2.11. The third kappa shape index (κ3) is 2.62. The zero-order valence-electron chi connectivity index (χ0n) is 11.3. The number of methoxy groups -OCH3 is 1. The van der Waals surface area contributed by atoms with Gasteiger partial charge in [0, 0.05) is 6.07 Å². The van der Waals surface area contributed by atoms with Crippen LogP contribution in [0.4, 0.5) is 5.69 Å². The minimum absolute atomic E-state index is 0.255. The summed E-state index contributed by atoms with van der Waals surface area (Å²) in [5.74, 6) is 1.12. The first kappa shape index (κ1) is 12.9. The van der Waals surface area contributed by atoms with E-state index in [1.165, 1.54) is 4.68 Å². The van der Waals surface area contributed by atoms with Crippen LogP contribution in [0, 0.1) is 0 Å². The van der Waals surface area contributed by atoms with Crippen LogP contribution in [0.2, 0.25) is 0 Å². The number of benzene rings is 2. The summed E-state index contributed by atoms with van der Waals surface area (Å²) in [6.45, 7) is 0. The van der Waals surface area contributed by atoms with Gasteiger partial charge in [0.25, 0.3) is 0 Å². The Morgan fingerprint density at radius 2 is 1.90 bits per heavy atom. The van der Waals surface area contributed by atoms with E-state index < -0.39 is 0 Å². The molecule has 7 nitrogen and oxygen atoms in total. The number of rotatable bonds is 4. The number of nitrogens with zero attached hydrogens (tertiary/aromatic N) is 4. The van der Waals surface area contributed by atoms with Crippen molar-refractivity contribution < 1.29 is 9.47 Å². The van der Waals surface area contributed by atoms with Crippen LogP contribution < -0.4 is 15.2 Å². The van der Waals surface area contributed by atoms with Crippen LogP contribution in [0.15, 0.2) is 48.5 Å². The number of para-hydroxylation sites is 1. The number of aromatic nitrogens is 4. The molecule has 1 aromatic heterocycles. The highest BCUT2D eigenvalue weighted by atomic mass is 16.5. The standard InChI is InChI=1S/C14H13N5O2/c1-20-13-8-7-11(9-12(13)15)21-14-16-17-18-19(14)10-5-3-2-4-6-10/h2-9H,15H2,1H3. The molecule has 21 heavy (non-hydrogen) atoms. The number of nitrogen functional groups attached to an aromatic ring is 1. The van der Waals surface area contributed by atoms with Crippen LogP contribution in [-0.4, -0.2) is 27.3 Å². The van der Waals surface area contributed by atoms with Gasteiger partial charge >= 0.3 is 6.01 Å². The summed E-state index contributed by atoms with van der Waals surface area (Å²) in [6.07, 6.45) is 0. The molecule has 0 aliphatic heterocycles. The van der Waals surface area contributed by atoms with Crippen LogP contribution >= 0.6 is 0 Å². The van der Waals surface area contributed by atoms with E-state index in [1.54, 1.807) is 25.3 Å². The van der Waals surface area contributed by atoms with Crippen molar-refractivity contribution in [2.45, 2.75) is 0 Å². The van der Waals surface area contributed by atoms with Gasteiger partial charge in [-0.3, -0.25) is 0 Å². The first-order valence-electron chi connectivity index (χ1n) is 6.23. The Hall–Kier alpha value is -3.09. The molecule has 0 bridgehead atoms. The summed E-state index contributed by atoms with van der Waals surface area (Å²) in [6, 6.07) is 14.8. The zero-order valence-corrected chi connectivity index (χ0v) is 11.3. The average molecular weight is 283 g/mol. The number of hydrogen-bond acceptors (Lipinski definition) is 6. The van der Waals surface area contributed by atoms with Crippen molar-refractivity contribution in [3.8, 4) is 23.2 Å². The van der Waals surface area contributed by atoms with Gasteiger partial charge in [-0.1, -0.05) is 23.3 Å². The van der Waals surface area contributed by atoms with Crippen molar-refractivity contribution in [1.82, 2.24) is 20.2 Å². The molecule has 3 rings (SSSR count). The molecule has 0 unspecified atom stereocenters. The van der Waals surface area contributed by atoms with Gasteiger partial charge in [-0.15, -0.1) is 0 Å². The van der Waals surface area contributed by atoms with Crippen molar-refractivity contribution >= 4 is 5.69 Å². The third-order valence-corrected chi connectivity index (χ3v) is 2.85. The summed E-state index contributed by atoms with van der Waals surface area (Å²) in [5.41, 5.74) is 7.13. The maximum Gasteiger partial charge on any atom is 0.345 e. The lowest BCUT2D eigenvalue weighted by Gasteiger charge is -2.08. The summed E-state index contributed by atoms with van der Waals surface area (Å²) in [7, 11) is 1.56. The molecule has 3 aromatic rings. The molecule has 2 N–H and O–H groups in total. The number of hydrogen-bond donors (Lipinski definition) is 1. The van der Waals surface area contributed by atoms with E-state index in [1.807, 2.05) is 30.3 Å². The molecule has 2 aromatic carbocycles. The Kier molecular flexibility index (Phi) is 3.38. The van der Waals surface area contributed by atoms with Crippen molar-refractivity contribution in [3.05, 3.63) is 48.5 Å². The van der Waals surface area contributed by atoms with Gasteiger partial charge in [-0.05, 0) is 34.7 Å². The molecule has 0 atom stereocenters. The predicted octanol–water partition coefficient (Wildman–Crippen LogP) is 2.05. The Morgan fingerprint density at radius 3 is 2.62 bits per heavy atom. The first-order valence-corrected chi connectivity index (χ1v) is 6.23.